The van der Waals surface area contributed by atoms with E-state index in [-0.39, 0.29) is 12.1 Å². The van der Waals surface area contributed by atoms with Gasteiger partial charge in [-0.2, -0.15) is 0 Å². The van der Waals surface area contributed by atoms with E-state index >= 15 is 0 Å². The Bertz CT molecular complexity index is 659. The van der Waals surface area contributed by atoms with Crippen LogP contribution >= 0.6 is 0 Å². The summed E-state index contributed by atoms with van der Waals surface area (Å²) in [6.45, 7) is 2.50. The predicted molar refractivity (Wildman–Crippen MR) is 88.0 cm³/mol. The van der Waals surface area contributed by atoms with Gasteiger partial charge in [-0.25, -0.2) is 4.79 Å². The fourth-order valence-electron chi connectivity index (χ4n) is 1.65. The number of benzene rings is 1. The lowest BCUT2D eigenvalue weighted by molar-refractivity contribution is -0.147. The number of imide groups is 1. The van der Waals surface area contributed by atoms with Crippen LogP contribution in [0, 0.1) is 0 Å². The maximum absolute atomic E-state index is 12.0. The number of carbonyl (C=O) groups is 4. The lowest BCUT2D eigenvalue weighted by Crippen LogP contribution is -2.42. The van der Waals surface area contributed by atoms with Crippen LogP contribution in [0.1, 0.15) is 10.4 Å². The summed E-state index contributed by atoms with van der Waals surface area (Å²) in [5.74, 6) is -1.79. The van der Waals surface area contributed by atoms with Gasteiger partial charge < -0.3 is 20.1 Å². The Kier molecular flexibility index (Phi) is 8.21. The second-order valence-corrected chi connectivity index (χ2v) is 4.59. The summed E-state index contributed by atoms with van der Waals surface area (Å²) in [7, 11) is 1.42. The van der Waals surface area contributed by atoms with Crippen LogP contribution in [0.3, 0.4) is 0 Å². The van der Waals surface area contributed by atoms with E-state index in [0.717, 1.165) is 0 Å². The SMILES string of the molecule is C=CCNC(=O)NC(=O)COC(=O)CNC(=O)c1ccccc1OC. The summed E-state index contributed by atoms with van der Waals surface area (Å²) in [6, 6.07) is 5.76. The fraction of sp³-hybridized carbons (Fsp3) is 0.250. The maximum Gasteiger partial charge on any atom is 0.325 e. The summed E-state index contributed by atoms with van der Waals surface area (Å²) >= 11 is 0. The van der Waals surface area contributed by atoms with E-state index in [2.05, 4.69) is 21.9 Å². The molecule has 0 aliphatic rings. The molecule has 1 rings (SSSR count). The number of ether oxygens (including phenoxy) is 2. The van der Waals surface area contributed by atoms with Crippen LogP contribution in [0.25, 0.3) is 0 Å². The second-order valence-electron chi connectivity index (χ2n) is 4.59. The Morgan fingerprint density at radius 3 is 2.56 bits per heavy atom. The molecule has 0 unspecified atom stereocenters. The van der Waals surface area contributed by atoms with Crippen LogP contribution in [-0.4, -0.2) is 50.6 Å². The smallest absolute Gasteiger partial charge is 0.325 e. The minimum Gasteiger partial charge on any atom is -0.496 e. The van der Waals surface area contributed by atoms with Crippen molar-refractivity contribution in [3.63, 3.8) is 0 Å². The van der Waals surface area contributed by atoms with Crippen molar-refractivity contribution in [3.8, 4) is 5.75 Å². The molecular weight excluding hydrogens is 330 g/mol. The van der Waals surface area contributed by atoms with Crippen molar-refractivity contribution in [1.29, 1.82) is 0 Å². The standard InChI is InChI=1S/C16H19N3O6/c1-3-8-17-16(23)19-13(20)10-25-14(21)9-18-15(22)11-6-4-5-7-12(11)24-2/h3-7H,1,8-10H2,2H3,(H,18,22)(H2,17,19,20,23). The van der Waals surface area contributed by atoms with E-state index < -0.39 is 37.0 Å². The molecule has 25 heavy (non-hydrogen) atoms. The van der Waals surface area contributed by atoms with Gasteiger partial charge in [0.2, 0.25) is 0 Å². The van der Waals surface area contributed by atoms with Gasteiger partial charge in [0.25, 0.3) is 11.8 Å². The summed E-state index contributed by atoms with van der Waals surface area (Å²) in [5, 5.41) is 6.63. The van der Waals surface area contributed by atoms with E-state index in [4.69, 9.17) is 4.74 Å². The largest absolute Gasteiger partial charge is 0.496 e. The number of nitrogens with one attached hydrogen (secondary N) is 3. The van der Waals surface area contributed by atoms with E-state index in [1.165, 1.54) is 19.3 Å². The van der Waals surface area contributed by atoms with Crippen molar-refractivity contribution in [2.75, 3.05) is 26.8 Å². The highest BCUT2D eigenvalue weighted by atomic mass is 16.5. The van der Waals surface area contributed by atoms with E-state index in [1.54, 1.807) is 18.2 Å². The Hall–Kier alpha value is -3.36. The third kappa shape index (κ3) is 7.16. The van der Waals surface area contributed by atoms with Crippen LogP contribution in [0.15, 0.2) is 36.9 Å². The van der Waals surface area contributed by atoms with Gasteiger partial charge in [-0.15, -0.1) is 6.58 Å². The first-order chi connectivity index (χ1) is 12.0. The average Bonchev–Trinajstić information content (AvgIpc) is 2.62. The van der Waals surface area contributed by atoms with Crippen LogP contribution in [0.5, 0.6) is 5.75 Å². The van der Waals surface area contributed by atoms with Gasteiger partial charge in [-0.1, -0.05) is 18.2 Å². The molecule has 4 amide bonds. The quantitative estimate of drug-likeness (QED) is 0.448. The van der Waals surface area contributed by atoms with Crippen LogP contribution in [0.4, 0.5) is 4.79 Å². The van der Waals surface area contributed by atoms with Gasteiger partial charge in [-0.3, -0.25) is 19.7 Å². The molecule has 0 heterocycles. The van der Waals surface area contributed by atoms with Crippen molar-refractivity contribution in [2.24, 2.45) is 0 Å². The molecule has 0 bridgehead atoms. The predicted octanol–water partition coefficient (Wildman–Crippen LogP) is -0.0200. The molecule has 134 valence electrons. The molecule has 0 fully saturated rings. The topological polar surface area (TPSA) is 123 Å². The molecule has 1 aromatic carbocycles. The number of urea groups is 1. The summed E-state index contributed by atoms with van der Waals surface area (Å²) in [4.78, 5) is 46.1. The fourth-order valence-corrected chi connectivity index (χ4v) is 1.65. The Morgan fingerprint density at radius 2 is 1.88 bits per heavy atom. The highest BCUT2D eigenvalue weighted by molar-refractivity contribution is 5.98. The number of methoxy groups -OCH3 is 1. The van der Waals surface area contributed by atoms with Crippen LogP contribution < -0.4 is 20.7 Å². The third-order valence-corrected chi connectivity index (χ3v) is 2.77. The van der Waals surface area contributed by atoms with Crippen LogP contribution in [-0.2, 0) is 14.3 Å². The van der Waals surface area contributed by atoms with Crippen molar-refractivity contribution in [3.05, 3.63) is 42.5 Å². The zero-order valence-corrected chi connectivity index (χ0v) is 13.7. The number of esters is 1. The van der Waals surface area contributed by atoms with Crippen molar-refractivity contribution < 1.29 is 28.7 Å². The number of amides is 4. The number of para-hydroxylation sites is 1. The first-order valence-electron chi connectivity index (χ1n) is 7.23. The van der Waals surface area contributed by atoms with Crippen molar-refractivity contribution in [2.45, 2.75) is 0 Å². The number of carbonyl (C=O) groups excluding carboxylic acids is 4. The normalized spacial score (nSPS) is 9.48. The van der Waals surface area contributed by atoms with Gasteiger partial charge in [0, 0.05) is 6.54 Å². The zero-order valence-electron chi connectivity index (χ0n) is 13.7. The minimum atomic E-state index is -0.829. The Labute approximate surface area is 144 Å². The first kappa shape index (κ1) is 19.7. The number of hydrogen-bond donors (Lipinski definition) is 3. The third-order valence-electron chi connectivity index (χ3n) is 2.77. The molecule has 0 aromatic heterocycles. The van der Waals surface area contributed by atoms with E-state index in [1.807, 2.05) is 5.32 Å². The Morgan fingerprint density at radius 1 is 1.16 bits per heavy atom. The molecule has 0 saturated carbocycles. The molecule has 9 heteroatoms. The highest BCUT2D eigenvalue weighted by Crippen LogP contribution is 2.16. The molecule has 0 atom stereocenters. The molecular formula is C16H19N3O6. The van der Waals surface area contributed by atoms with Gasteiger partial charge in [-0.05, 0) is 12.1 Å². The molecule has 0 radical (unpaired) electrons. The van der Waals surface area contributed by atoms with Crippen molar-refractivity contribution >= 4 is 23.8 Å². The molecule has 0 spiro atoms. The van der Waals surface area contributed by atoms with E-state index in [0.29, 0.717) is 5.75 Å². The monoisotopic (exact) mass is 349 g/mol. The minimum absolute atomic E-state index is 0.188. The highest BCUT2D eigenvalue weighted by Gasteiger charge is 2.14. The number of rotatable bonds is 8. The summed E-state index contributed by atoms with van der Waals surface area (Å²) in [6.07, 6.45) is 1.44. The lowest BCUT2D eigenvalue weighted by atomic mass is 10.2. The first-order valence-corrected chi connectivity index (χ1v) is 7.23. The van der Waals surface area contributed by atoms with Crippen LogP contribution in [0.2, 0.25) is 0 Å². The molecule has 3 N–H and O–H groups in total. The van der Waals surface area contributed by atoms with E-state index in [9.17, 15) is 19.2 Å². The Balaban J connectivity index is 2.35. The lowest BCUT2D eigenvalue weighted by Gasteiger charge is -2.09. The second kappa shape index (κ2) is 10.4. The summed E-state index contributed by atoms with van der Waals surface area (Å²) in [5.41, 5.74) is 0.259. The van der Waals surface area contributed by atoms with Gasteiger partial charge in [0.1, 0.15) is 12.3 Å². The van der Waals surface area contributed by atoms with Gasteiger partial charge >= 0.3 is 12.0 Å². The molecule has 0 aliphatic heterocycles. The molecule has 0 saturated heterocycles. The zero-order chi connectivity index (χ0) is 18.7. The molecule has 0 aliphatic carbocycles. The molecule has 1 aromatic rings. The molecule has 9 nitrogen and oxygen atoms in total. The maximum atomic E-state index is 12.0. The number of hydrogen-bond acceptors (Lipinski definition) is 6. The van der Waals surface area contributed by atoms with Gasteiger partial charge in [0.05, 0.1) is 12.7 Å². The summed E-state index contributed by atoms with van der Waals surface area (Å²) < 4.78 is 9.70. The van der Waals surface area contributed by atoms with Gasteiger partial charge in [0.15, 0.2) is 6.61 Å². The van der Waals surface area contributed by atoms with Crippen molar-refractivity contribution in [1.82, 2.24) is 16.0 Å². The average molecular weight is 349 g/mol.